The van der Waals surface area contributed by atoms with Crippen molar-refractivity contribution in [3.8, 4) is 11.1 Å². The maximum atomic E-state index is 6.47. The Balaban J connectivity index is 1.06. The van der Waals surface area contributed by atoms with Crippen molar-refractivity contribution in [1.82, 2.24) is 5.32 Å². The van der Waals surface area contributed by atoms with Gasteiger partial charge in [0, 0.05) is 55.4 Å². The first-order valence-electron chi connectivity index (χ1n) is 17.8. The van der Waals surface area contributed by atoms with Crippen molar-refractivity contribution in [2.24, 2.45) is 4.99 Å². The van der Waals surface area contributed by atoms with E-state index in [1.165, 1.54) is 27.2 Å². The molecule has 0 fully saturated rings. The normalized spacial score (nSPS) is 20.2. The van der Waals surface area contributed by atoms with Crippen LogP contribution >= 0.6 is 11.8 Å². The lowest BCUT2D eigenvalue weighted by Gasteiger charge is -2.28. The largest absolute Gasteiger partial charge is 0.456 e. The average Bonchev–Trinajstić information content (AvgIpc) is 3.84. The summed E-state index contributed by atoms with van der Waals surface area (Å²) in [5.74, 6) is 0. The number of rotatable bonds is 7. The Bertz CT molecular complexity index is 2670. The Morgan fingerprint density at radius 2 is 1.69 bits per heavy atom. The Hall–Kier alpha value is -5.36. The molecule has 3 atom stereocenters. The van der Waals surface area contributed by atoms with Crippen LogP contribution in [0, 0.1) is 0 Å². The van der Waals surface area contributed by atoms with E-state index in [-0.39, 0.29) is 11.6 Å². The van der Waals surface area contributed by atoms with Crippen molar-refractivity contribution in [2.45, 2.75) is 41.5 Å². The van der Waals surface area contributed by atoms with Crippen LogP contribution in [0.3, 0.4) is 0 Å². The van der Waals surface area contributed by atoms with Gasteiger partial charge < -0.3 is 8.83 Å². The number of hydrogen-bond acceptors (Lipinski definition) is 5. The molecule has 0 bridgehead atoms. The number of para-hydroxylation sites is 2. The number of fused-ring (bicyclic) bond motifs is 9. The summed E-state index contributed by atoms with van der Waals surface area (Å²) in [5, 5.41) is 8.61. The van der Waals surface area contributed by atoms with Crippen LogP contribution < -0.4 is 5.32 Å². The van der Waals surface area contributed by atoms with Gasteiger partial charge in [-0.05, 0) is 65.4 Å². The first-order chi connectivity index (χ1) is 25.1. The number of hydrogen-bond donors (Lipinski definition) is 1. The zero-order valence-electron chi connectivity index (χ0n) is 28.3. The highest BCUT2D eigenvalue weighted by Gasteiger charge is 2.42. The van der Waals surface area contributed by atoms with Gasteiger partial charge in [0.25, 0.3) is 0 Å². The fourth-order valence-electron chi connectivity index (χ4n) is 8.11. The molecule has 0 amide bonds. The lowest BCUT2D eigenvalue weighted by Crippen LogP contribution is -2.28. The first kappa shape index (κ1) is 30.5. The van der Waals surface area contributed by atoms with Crippen LogP contribution in [0.1, 0.15) is 42.6 Å². The van der Waals surface area contributed by atoms with Crippen molar-refractivity contribution in [2.75, 3.05) is 6.54 Å². The third-order valence-electron chi connectivity index (χ3n) is 10.8. The zero-order chi connectivity index (χ0) is 33.9. The highest BCUT2D eigenvalue weighted by molar-refractivity contribution is 8.00. The molecule has 0 spiro atoms. The zero-order valence-corrected chi connectivity index (χ0v) is 29.1. The number of nitrogens with one attached hydrogen (secondary N) is 1. The molecule has 10 rings (SSSR count). The van der Waals surface area contributed by atoms with E-state index in [0.29, 0.717) is 5.25 Å². The predicted molar refractivity (Wildman–Crippen MR) is 213 cm³/mol. The van der Waals surface area contributed by atoms with Gasteiger partial charge in [-0.1, -0.05) is 122 Å². The van der Waals surface area contributed by atoms with E-state index >= 15 is 0 Å². The summed E-state index contributed by atoms with van der Waals surface area (Å²) >= 11 is 1.97. The summed E-state index contributed by atoms with van der Waals surface area (Å²) in [6.45, 7) is 3.11. The van der Waals surface area contributed by atoms with Crippen molar-refractivity contribution < 1.29 is 8.83 Å². The molecule has 1 aliphatic heterocycles. The van der Waals surface area contributed by atoms with Crippen LogP contribution in [-0.4, -0.2) is 18.0 Å². The molecule has 1 N–H and O–H groups in total. The molecule has 3 heterocycles. The summed E-state index contributed by atoms with van der Waals surface area (Å²) in [6, 6.07) is 34.2. The third-order valence-corrected chi connectivity index (χ3v) is 12.4. The molecule has 0 radical (unpaired) electrons. The van der Waals surface area contributed by atoms with Crippen LogP contribution in [0.15, 0.2) is 164 Å². The Kier molecular flexibility index (Phi) is 7.26. The molecule has 3 aliphatic rings. The van der Waals surface area contributed by atoms with Crippen LogP contribution in [0.2, 0.25) is 0 Å². The van der Waals surface area contributed by atoms with E-state index in [1.54, 1.807) is 0 Å². The average molecular weight is 681 g/mol. The molecule has 5 heteroatoms. The van der Waals surface area contributed by atoms with E-state index in [0.717, 1.165) is 74.4 Å². The van der Waals surface area contributed by atoms with Gasteiger partial charge in [0.05, 0.1) is 0 Å². The highest BCUT2D eigenvalue weighted by atomic mass is 32.2. The van der Waals surface area contributed by atoms with Crippen molar-refractivity contribution in [3.63, 3.8) is 0 Å². The van der Waals surface area contributed by atoms with Crippen LogP contribution in [-0.2, 0) is 5.41 Å². The highest BCUT2D eigenvalue weighted by Crippen LogP contribution is 2.55. The van der Waals surface area contributed by atoms with E-state index in [4.69, 9.17) is 13.8 Å². The van der Waals surface area contributed by atoms with Gasteiger partial charge in [-0.25, -0.2) is 0 Å². The summed E-state index contributed by atoms with van der Waals surface area (Å²) in [4.78, 5) is 6.59. The van der Waals surface area contributed by atoms with Gasteiger partial charge in [0.1, 0.15) is 28.5 Å². The summed E-state index contributed by atoms with van der Waals surface area (Å²) in [7, 11) is 0. The monoisotopic (exact) mass is 680 g/mol. The summed E-state index contributed by atoms with van der Waals surface area (Å²) in [5.41, 5.74) is 10.8. The second kappa shape index (κ2) is 12.2. The molecule has 7 aromatic rings. The molecule has 5 aromatic carbocycles. The fourth-order valence-corrected chi connectivity index (χ4v) is 9.71. The van der Waals surface area contributed by atoms with Crippen LogP contribution in [0.4, 0.5) is 0 Å². The molecule has 3 unspecified atom stereocenters. The quantitative estimate of drug-likeness (QED) is 0.170. The van der Waals surface area contributed by atoms with Gasteiger partial charge >= 0.3 is 0 Å². The Labute approximate surface area is 300 Å². The maximum absolute atomic E-state index is 6.47. The molecule has 51 heavy (non-hydrogen) atoms. The van der Waals surface area contributed by atoms with Crippen molar-refractivity contribution in [1.29, 1.82) is 0 Å². The molecule has 0 saturated carbocycles. The fraction of sp³-hybridized carbons (Fsp3) is 0.152. The van der Waals surface area contributed by atoms with Gasteiger partial charge in [-0.2, -0.15) is 0 Å². The van der Waals surface area contributed by atoms with Gasteiger partial charge in [-0.3, -0.25) is 10.3 Å². The number of allylic oxidation sites excluding steroid dienone is 6. The maximum Gasteiger partial charge on any atom is 0.142 e. The number of nitrogens with zero attached hydrogens (tertiary/aromatic N) is 1. The predicted octanol–water partition coefficient (Wildman–Crippen LogP) is 12.0. The lowest BCUT2D eigenvalue weighted by atomic mass is 9.76. The smallest absolute Gasteiger partial charge is 0.142 e. The van der Waals surface area contributed by atoms with Crippen LogP contribution in [0.25, 0.3) is 55.0 Å². The minimum Gasteiger partial charge on any atom is -0.456 e. The standard InChI is InChI=1S/C46H36N2O2S/c1-46-25-8-7-22-41(46)51-44-34(17-10-19-37(44)46)32-15-11-21-40-42(32)36-26-30(23-24-39(36)49-40)28-48-45(47-27-29-12-3-2-4-13-29)35-18-9-16-33-31-14-5-6-20-38(31)50-43(33)35/h2-3,5-12,14-26,28,41,45,47H,4,13,27H2,1H3. The number of furan rings is 2. The summed E-state index contributed by atoms with van der Waals surface area (Å²) < 4.78 is 12.9. The number of benzene rings is 5. The Morgan fingerprint density at radius 1 is 0.843 bits per heavy atom. The second-order valence-corrected chi connectivity index (χ2v) is 15.1. The summed E-state index contributed by atoms with van der Waals surface area (Å²) in [6.07, 6.45) is 19.5. The minimum atomic E-state index is -0.301. The van der Waals surface area contributed by atoms with E-state index in [9.17, 15) is 0 Å². The molecular formula is C46H36N2O2S. The van der Waals surface area contributed by atoms with E-state index in [1.807, 2.05) is 30.1 Å². The minimum absolute atomic E-state index is 0.0117. The lowest BCUT2D eigenvalue weighted by molar-refractivity contribution is 0.568. The van der Waals surface area contributed by atoms with Gasteiger partial charge in [-0.15, -0.1) is 11.8 Å². The first-order valence-corrected chi connectivity index (χ1v) is 18.7. The molecular weight excluding hydrogens is 645 g/mol. The molecule has 248 valence electrons. The third kappa shape index (κ3) is 5.06. The van der Waals surface area contributed by atoms with E-state index < -0.39 is 0 Å². The topological polar surface area (TPSA) is 50.7 Å². The van der Waals surface area contributed by atoms with Gasteiger partial charge in [0.15, 0.2) is 0 Å². The van der Waals surface area contributed by atoms with E-state index in [2.05, 4.69) is 140 Å². The number of thioether (sulfide) groups is 1. The molecule has 2 aromatic heterocycles. The van der Waals surface area contributed by atoms with Gasteiger partial charge in [0.2, 0.25) is 0 Å². The van der Waals surface area contributed by atoms with Crippen LogP contribution in [0.5, 0.6) is 0 Å². The van der Waals surface area contributed by atoms with Crippen molar-refractivity contribution >= 4 is 61.9 Å². The molecule has 2 aliphatic carbocycles. The molecule has 4 nitrogen and oxygen atoms in total. The molecule has 0 saturated heterocycles. The van der Waals surface area contributed by atoms with Crippen molar-refractivity contribution in [3.05, 3.63) is 162 Å². The second-order valence-electron chi connectivity index (χ2n) is 14.0. The Morgan fingerprint density at radius 3 is 2.63 bits per heavy atom. The SMILES string of the molecule is CC12C=CC=CC1Sc1c(-c3cccc4oc5ccc(C=NC(NCC6=CC=CCC6)c6cccc7c6oc6ccccc67)cc5c34)cccc12. The number of aliphatic imine (C=N–C) groups is 1.